The number of para-hydroxylation sites is 1. The molecular weight excluding hydrogens is 258 g/mol. The van der Waals surface area contributed by atoms with E-state index >= 15 is 0 Å². The van der Waals surface area contributed by atoms with Gasteiger partial charge < -0.3 is 0 Å². The number of carbonyl (C=O) groups excluding carboxylic acids is 2. The maximum absolute atomic E-state index is 12.5. The Labute approximate surface area is 116 Å². The van der Waals surface area contributed by atoms with Crippen LogP contribution in [0.3, 0.4) is 0 Å². The molecule has 1 aliphatic carbocycles. The molecule has 0 bridgehead atoms. The molecule has 0 aromatic heterocycles. The summed E-state index contributed by atoms with van der Waals surface area (Å²) in [5, 5.41) is 0. The lowest BCUT2D eigenvalue weighted by Crippen LogP contribution is -2.31. The predicted octanol–water partition coefficient (Wildman–Crippen LogP) is 2.86. The number of rotatable bonds is 2. The average Bonchev–Trinajstić information content (AvgIpc) is 2.71. The molecule has 4 heteroatoms. The van der Waals surface area contributed by atoms with Crippen molar-refractivity contribution in [2.24, 2.45) is 11.8 Å². The van der Waals surface area contributed by atoms with Crippen LogP contribution >= 0.6 is 11.8 Å². The van der Waals surface area contributed by atoms with E-state index in [2.05, 4.69) is 0 Å². The van der Waals surface area contributed by atoms with Crippen molar-refractivity contribution in [3.8, 4) is 0 Å². The number of allylic oxidation sites excluding steroid dienone is 2. The number of benzene rings is 1. The first-order valence-corrected chi connectivity index (χ1v) is 7.62. The molecule has 0 radical (unpaired) electrons. The third kappa shape index (κ3) is 1.91. The van der Waals surface area contributed by atoms with Crippen molar-refractivity contribution in [3.05, 3.63) is 36.4 Å². The molecule has 0 spiro atoms. The topological polar surface area (TPSA) is 37.4 Å². The van der Waals surface area contributed by atoms with Gasteiger partial charge in [-0.2, -0.15) is 0 Å². The Morgan fingerprint density at radius 2 is 1.63 bits per heavy atom. The van der Waals surface area contributed by atoms with Crippen molar-refractivity contribution in [1.29, 1.82) is 0 Å². The van der Waals surface area contributed by atoms with E-state index in [1.54, 1.807) is 11.8 Å². The van der Waals surface area contributed by atoms with E-state index in [0.29, 0.717) is 12.8 Å². The third-order valence-electron chi connectivity index (χ3n) is 3.83. The van der Waals surface area contributed by atoms with Crippen LogP contribution in [0, 0.1) is 11.8 Å². The monoisotopic (exact) mass is 273 g/mol. The maximum Gasteiger partial charge on any atom is 0.238 e. The maximum atomic E-state index is 12.5. The molecule has 3 nitrogen and oxygen atoms in total. The third-order valence-corrected chi connectivity index (χ3v) is 4.62. The average molecular weight is 273 g/mol. The van der Waals surface area contributed by atoms with Crippen LogP contribution in [0.2, 0.25) is 0 Å². The molecule has 3 rings (SSSR count). The molecule has 98 valence electrons. The van der Waals surface area contributed by atoms with E-state index < -0.39 is 0 Å². The number of carbonyl (C=O) groups is 2. The van der Waals surface area contributed by atoms with Crippen LogP contribution in [0.25, 0.3) is 0 Å². The lowest BCUT2D eigenvalue weighted by atomic mass is 9.85. The van der Waals surface area contributed by atoms with Gasteiger partial charge in [0, 0.05) is 4.90 Å². The van der Waals surface area contributed by atoms with Crippen LogP contribution in [0.5, 0.6) is 0 Å². The fourth-order valence-electron chi connectivity index (χ4n) is 2.85. The summed E-state index contributed by atoms with van der Waals surface area (Å²) in [5.74, 6) is -0.401. The first-order valence-electron chi connectivity index (χ1n) is 6.40. The highest BCUT2D eigenvalue weighted by Gasteiger charge is 2.48. The van der Waals surface area contributed by atoms with Crippen molar-refractivity contribution in [2.45, 2.75) is 17.7 Å². The molecule has 1 aromatic rings. The van der Waals surface area contributed by atoms with Gasteiger partial charge in [-0.3, -0.25) is 9.59 Å². The van der Waals surface area contributed by atoms with E-state index in [1.807, 2.05) is 42.7 Å². The quantitative estimate of drug-likeness (QED) is 0.472. The molecule has 1 fully saturated rings. The van der Waals surface area contributed by atoms with Crippen LogP contribution in [0.1, 0.15) is 12.8 Å². The second-order valence-electron chi connectivity index (χ2n) is 4.84. The van der Waals surface area contributed by atoms with Crippen molar-refractivity contribution >= 4 is 29.3 Å². The van der Waals surface area contributed by atoms with Crippen LogP contribution in [-0.4, -0.2) is 18.1 Å². The number of amides is 2. The van der Waals surface area contributed by atoms with Crippen molar-refractivity contribution in [3.63, 3.8) is 0 Å². The van der Waals surface area contributed by atoms with E-state index in [1.165, 1.54) is 4.90 Å². The van der Waals surface area contributed by atoms with E-state index in [4.69, 9.17) is 0 Å². The summed E-state index contributed by atoms with van der Waals surface area (Å²) >= 11 is 1.56. The number of nitrogens with zero attached hydrogens (tertiary/aromatic N) is 1. The Balaban J connectivity index is 2.02. The normalized spacial score (nSPS) is 25.8. The number of hydrogen-bond acceptors (Lipinski definition) is 3. The smallest absolute Gasteiger partial charge is 0.238 e. The van der Waals surface area contributed by atoms with Gasteiger partial charge in [0.2, 0.25) is 11.8 Å². The molecule has 1 aromatic carbocycles. The number of thioether (sulfide) groups is 1. The SMILES string of the molecule is CSc1ccccc1N1C(=O)[C@H]2CC=CC[C@H]2C1=O. The van der Waals surface area contributed by atoms with Gasteiger partial charge in [0.25, 0.3) is 0 Å². The molecule has 1 heterocycles. The van der Waals surface area contributed by atoms with Gasteiger partial charge in [0.1, 0.15) is 0 Å². The summed E-state index contributed by atoms with van der Waals surface area (Å²) in [5.41, 5.74) is 0.736. The summed E-state index contributed by atoms with van der Waals surface area (Å²) in [7, 11) is 0. The van der Waals surface area contributed by atoms with Gasteiger partial charge in [0.15, 0.2) is 0 Å². The summed E-state index contributed by atoms with van der Waals surface area (Å²) in [4.78, 5) is 27.3. The Hall–Kier alpha value is -1.55. The molecule has 0 unspecified atom stereocenters. The van der Waals surface area contributed by atoms with E-state index in [-0.39, 0.29) is 23.7 Å². The molecule has 0 N–H and O–H groups in total. The molecule has 2 atom stereocenters. The number of fused-ring (bicyclic) bond motifs is 1. The minimum Gasteiger partial charge on any atom is -0.274 e. The molecule has 2 amide bonds. The Morgan fingerprint density at radius 1 is 1.05 bits per heavy atom. The zero-order chi connectivity index (χ0) is 13.4. The fraction of sp³-hybridized carbons (Fsp3) is 0.333. The highest BCUT2D eigenvalue weighted by atomic mass is 32.2. The zero-order valence-electron chi connectivity index (χ0n) is 10.7. The number of anilines is 1. The van der Waals surface area contributed by atoms with Crippen LogP contribution in [0.15, 0.2) is 41.3 Å². The van der Waals surface area contributed by atoms with Gasteiger partial charge in [0.05, 0.1) is 17.5 Å². The first-order chi connectivity index (χ1) is 9.24. The second kappa shape index (κ2) is 4.85. The van der Waals surface area contributed by atoms with Gasteiger partial charge in [-0.05, 0) is 31.2 Å². The van der Waals surface area contributed by atoms with Crippen LogP contribution < -0.4 is 4.90 Å². The Kier molecular flexibility index (Phi) is 3.19. The first kappa shape index (κ1) is 12.5. The standard InChI is InChI=1S/C15H15NO2S/c1-19-13-9-5-4-8-12(13)16-14(17)10-6-2-3-7-11(10)15(16)18/h2-5,8-11H,6-7H2,1H3/t10-,11+. The largest absolute Gasteiger partial charge is 0.274 e. The molecule has 1 saturated heterocycles. The summed E-state index contributed by atoms with van der Waals surface area (Å²) in [6.45, 7) is 0. The lowest BCUT2D eigenvalue weighted by molar-refractivity contribution is -0.122. The molecular formula is C15H15NO2S. The van der Waals surface area contributed by atoms with E-state index in [9.17, 15) is 9.59 Å². The van der Waals surface area contributed by atoms with Gasteiger partial charge in [-0.1, -0.05) is 24.3 Å². The highest BCUT2D eigenvalue weighted by molar-refractivity contribution is 7.98. The van der Waals surface area contributed by atoms with Gasteiger partial charge >= 0.3 is 0 Å². The minimum atomic E-state index is -0.160. The fourth-order valence-corrected chi connectivity index (χ4v) is 3.44. The summed E-state index contributed by atoms with van der Waals surface area (Å²) in [6, 6.07) is 7.60. The number of imide groups is 1. The van der Waals surface area contributed by atoms with Crippen LogP contribution in [-0.2, 0) is 9.59 Å². The number of hydrogen-bond donors (Lipinski definition) is 0. The predicted molar refractivity (Wildman–Crippen MR) is 76.1 cm³/mol. The van der Waals surface area contributed by atoms with Crippen molar-refractivity contribution < 1.29 is 9.59 Å². The molecule has 2 aliphatic rings. The molecule has 0 saturated carbocycles. The molecule has 19 heavy (non-hydrogen) atoms. The summed E-state index contributed by atoms with van der Waals surface area (Å²) < 4.78 is 0. The van der Waals surface area contributed by atoms with Gasteiger partial charge in [-0.15, -0.1) is 11.8 Å². The minimum absolute atomic E-state index is 0.0409. The van der Waals surface area contributed by atoms with Crippen molar-refractivity contribution in [2.75, 3.05) is 11.2 Å². The zero-order valence-corrected chi connectivity index (χ0v) is 11.5. The van der Waals surface area contributed by atoms with Crippen LogP contribution in [0.4, 0.5) is 5.69 Å². The Bertz CT molecular complexity index is 541. The lowest BCUT2D eigenvalue weighted by Gasteiger charge is -2.17. The summed E-state index contributed by atoms with van der Waals surface area (Å²) in [6.07, 6.45) is 7.35. The van der Waals surface area contributed by atoms with E-state index in [0.717, 1.165) is 10.6 Å². The van der Waals surface area contributed by atoms with Gasteiger partial charge in [-0.25, -0.2) is 4.90 Å². The molecule has 1 aliphatic heterocycles. The second-order valence-corrected chi connectivity index (χ2v) is 5.69. The highest BCUT2D eigenvalue weighted by Crippen LogP contribution is 2.40. The Morgan fingerprint density at radius 3 is 2.21 bits per heavy atom. The van der Waals surface area contributed by atoms with Crippen molar-refractivity contribution in [1.82, 2.24) is 0 Å².